The smallest absolute Gasteiger partial charge is 0.221 e. The number of ketones is 1. The lowest BCUT2D eigenvalue weighted by atomic mass is 10.1. The maximum atomic E-state index is 14.1. The fourth-order valence-corrected chi connectivity index (χ4v) is 4.05. The van der Waals surface area contributed by atoms with Gasteiger partial charge in [0.2, 0.25) is 11.0 Å². The van der Waals surface area contributed by atoms with Crippen LogP contribution < -0.4 is 10.6 Å². The number of Topliss-reactive ketones (excluding diaryl/α,β-unsaturated/α-hetero) is 1. The predicted octanol–water partition coefficient (Wildman–Crippen LogP) is 4.66. The summed E-state index contributed by atoms with van der Waals surface area (Å²) < 4.78 is 14.7. The Bertz CT molecular complexity index is 1020. The summed E-state index contributed by atoms with van der Waals surface area (Å²) in [5.74, 6) is -1.30. The molecule has 1 heterocycles. The Morgan fingerprint density at radius 1 is 1.14 bits per heavy atom. The van der Waals surface area contributed by atoms with Crippen molar-refractivity contribution < 1.29 is 14.0 Å². The summed E-state index contributed by atoms with van der Waals surface area (Å²) in [6, 6.07) is 11.9. The molecule has 28 heavy (non-hydrogen) atoms. The van der Waals surface area contributed by atoms with Gasteiger partial charge in [0.1, 0.15) is 5.82 Å². The minimum atomic E-state index is -0.670. The molecule has 6 nitrogen and oxygen atoms in total. The molecule has 0 unspecified atom stereocenters. The van der Waals surface area contributed by atoms with Crippen LogP contribution in [-0.4, -0.2) is 27.6 Å². The number of halogens is 1. The average Bonchev–Trinajstić information content (AvgIpc) is 3.06. The van der Waals surface area contributed by atoms with Crippen molar-refractivity contribution in [1.82, 2.24) is 10.2 Å². The van der Waals surface area contributed by atoms with Gasteiger partial charge in [-0.1, -0.05) is 35.2 Å². The number of carbonyl (C=O) groups excluding carboxylic acids is 2. The first-order valence-electron chi connectivity index (χ1n) is 8.31. The summed E-state index contributed by atoms with van der Waals surface area (Å²) in [6.07, 6.45) is 0. The highest BCUT2D eigenvalue weighted by Crippen LogP contribution is 2.28. The van der Waals surface area contributed by atoms with E-state index in [0.717, 1.165) is 17.3 Å². The van der Waals surface area contributed by atoms with E-state index in [0.29, 0.717) is 15.2 Å². The van der Waals surface area contributed by atoms with E-state index >= 15 is 0 Å². The Morgan fingerprint density at radius 3 is 2.68 bits per heavy atom. The van der Waals surface area contributed by atoms with Crippen molar-refractivity contribution in [2.75, 3.05) is 16.4 Å². The number of thioether (sulfide) groups is 1. The first-order valence-corrected chi connectivity index (χ1v) is 10.1. The van der Waals surface area contributed by atoms with Gasteiger partial charge in [0.15, 0.2) is 10.1 Å². The van der Waals surface area contributed by atoms with Gasteiger partial charge in [-0.3, -0.25) is 9.59 Å². The van der Waals surface area contributed by atoms with Crippen LogP contribution in [0.2, 0.25) is 0 Å². The van der Waals surface area contributed by atoms with E-state index in [4.69, 9.17) is 0 Å². The van der Waals surface area contributed by atoms with Crippen LogP contribution in [0.4, 0.5) is 20.9 Å². The molecule has 2 aromatic carbocycles. The first kappa shape index (κ1) is 20.0. The van der Waals surface area contributed by atoms with E-state index in [9.17, 15) is 14.0 Å². The van der Waals surface area contributed by atoms with Gasteiger partial charge in [0, 0.05) is 18.3 Å². The SMILES string of the molecule is CC(=O)Nc1ccc(C(=O)CSc2nnc(Nc3cccc(C)c3)s2)c(F)c1. The van der Waals surface area contributed by atoms with Crippen LogP contribution in [0.1, 0.15) is 22.8 Å². The topological polar surface area (TPSA) is 84.0 Å². The van der Waals surface area contributed by atoms with E-state index in [1.165, 1.54) is 42.2 Å². The van der Waals surface area contributed by atoms with Gasteiger partial charge < -0.3 is 10.6 Å². The van der Waals surface area contributed by atoms with Gasteiger partial charge in [-0.15, -0.1) is 10.2 Å². The van der Waals surface area contributed by atoms with Gasteiger partial charge >= 0.3 is 0 Å². The number of benzene rings is 2. The highest BCUT2D eigenvalue weighted by atomic mass is 32.2. The number of amides is 1. The fourth-order valence-electron chi connectivity index (χ4n) is 2.39. The largest absolute Gasteiger partial charge is 0.330 e. The lowest BCUT2D eigenvalue weighted by Crippen LogP contribution is -2.09. The summed E-state index contributed by atoms with van der Waals surface area (Å²) in [5, 5.41) is 14.4. The van der Waals surface area contributed by atoms with Crippen LogP contribution in [0.15, 0.2) is 46.8 Å². The molecule has 3 rings (SSSR count). The fraction of sp³-hybridized carbons (Fsp3) is 0.158. The molecule has 1 aromatic heterocycles. The van der Waals surface area contributed by atoms with Gasteiger partial charge in [0.05, 0.1) is 11.3 Å². The van der Waals surface area contributed by atoms with Gasteiger partial charge in [-0.05, 0) is 42.8 Å². The third-order valence-corrected chi connectivity index (χ3v) is 5.56. The third-order valence-electron chi connectivity index (χ3n) is 3.59. The quantitative estimate of drug-likeness (QED) is 0.430. The second-order valence-electron chi connectivity index (χ2n) is 5.96. The number of hydrogen-bond acceptors (Lipinski definition) is 7. The number of hydrogen-bond donors (Lipinski definition) is 2. The first-order chi connectivity index (χ1) is 13.4. The summed E-state index contributed by atoms with van der Waals surface area (Å²) in [4.78, 5) is 23.3. The molecule has 0 aliphatic heterocycles. The molecular weight excluding hydrogens is 399 g/mol. The van der Waals surface area contributed by atoms with E-state index in [-0.39, 0.29) is 23.0 Å². The molecule has 0 atom stereocenters. The minimum Gasteiger partial charge on any atom is -0.330 e. The third kappa shape index (κ3) is 5.37. The van der Waals surface area contributed by atoms with E-state index in [1.807, 2.05) is 31.2 Å². The van der Waals surface area contributed by atoms with Crippen molar-refractivity contribution in [3.05, 3.63) is 59.4 Å². The van der Waals surface area contributed by atoms with Crippen molar-refractivity contribution in [3.8, 4) is 0 Å². The molecule has 0 spiro atoms. The summed E-state index contributed by atoms with van der Waals surface area (Å²) in [7, 11) is 0. The lowest BCUT2D eigenvalue weighted by Gasteiger charge is -2.05. The molecule has 0 fully saturated rings. The Morgan fingerprint density at radius 2 is 1.96 bits per heavy atom. The van der Waals surface area contributed by atoms with Crippen molar-refractivity contribution in [1.29, 1.82) is 0 Å². The highest BCUT2D eigenvalue weighted by molar-refractivity contribution is 8.01. The maximum absolute atomic E-state index is 14.1. The zero-order valence-corrected chi connectivity index (χ0v) is 16.8. The molecule has 1 amide bonds. The minimum absolute atomic E-state index is 0.0239. The van der Waals surface area contributed by atoms with Crippen molar-refractivity contribution in [2.45, 2.75) is 18.2 Å². The molecule has 144 valence electrons. The summed E-state index contributed by atoms with van der Waals surface area (Å²) in [6.45, 7) is 3.33. The average molecular weight is 417 g/mol. The van der Waals surface area contributed by atoms with E-state index in [1.54, 1.807) is 0 Å². The molecule has 0 saturated carbocycles. The van der Waals surface area contributed by atoms with Crippen LogP contribution >= 0.6 is 23.1 Å². The van der Waals surface area contributed by atoms with Crippen molar-refractivity contribution in [2.24, 2.45) is 0 Å². The number of carbonyl (C=O) groups is 2. The highest BCUT2D eigenvalue weighted by Gasteiger charge is 2.15. The van der Waals surface area contributed by atoms with Crippen molar-refractivity contribution >= 4 is 51.3 Å². The van der Waals surface area contributed by atoms with Gasteiger partial charge in [-0.25, -0.2) is 4.39 Å². The van der Waals surface area contributed by atoms with Crippen LogP contribution in [0.5, 0.6) is 0 Å². The zero-order valence-electron chi connectivity index (χ0n) is 15.2. The van der Waals surface area contributed by atoms with Crippen LogP contribution in [0.25, 0.3) is 0 Å². The lowest BCUT2D eigenvalue weighted by molar-refractivity contribution is -0.114. The second-order valence-corrected chi connectivity index (χ2v) is 8.16. The predicted molar refractivity (Wildman–Crippen MR) is 110 cm³/mol. The molecule has 0 saturated heterocycles. The van der Waals surface area contributed by atoms with E-state index in [2.05, 4.69) is 20.8 Å². The summed E-state index contributed by atoms with van der Waals surface area (Å²) >= 11 is 2.52. The van der Waals surface area contributed by atoms with E-state index < -0.39 is 5.82 Å². The normalized spacial score (nSPS) is 10.5. The molecule has 0 aliphatic carbocycles. The number of nitrogens with one attached hydrogen (secondary N) is 2. The number of anilines is 3. The second kappa shape index (κ2) is 8.94. The Hall–Kier alpha value is -2.78. The Balaban J connectivity index is 1.59. The maximum Gasteiger partial charge on any atom is 0.221 e. The standard InChI is InChI=1S/C19H17FN4O2S2/c1-11-4-3-5-13(8-11)22-18-23-24-19(28-18)27-10-17(26)15-7-6-14(9-16(15)20)21-12(2)25/h3-9H,10H2,1-2H3,(H,21,25)(H,22,23). The molecule has 3 aromatic rings. The van der Waals surface area contributed by atoms with Gasteiger partial charge in [0.25, 0.3) is 0 Å². The zero-order chi connectivity index (χ0) is 20.1. The monoisotopic (exact) mass is 416 g/mol. The molecular formula is C19H17FN4O2S2. The number of aromatic nitrogens is 2. The number of nitrogens with zero attached hydrogens (tertiary/aromatic N) is 2. The Labute approximate surface area is 169 Å². The van der Waals surface area contributed by atoms with Gasteiger partial charge in [-0.2, -0.15) is 0 Å². The molecule has 0 bridgehead atoms. The van der Waals surface area contributed by atoms with Crippen LogP contribution in [0.3, 0.4) is 0 Å². The van der Waals surface area contributed by atoms with Crippen LogP contribution in [-0.2, 0) is 4.79 Å². The molecule has 2 N–H and O–H groups in total. The number of aryl methyl sites for hydroxylation is 1. The molecule has 0 aliphatic rings. The molecule has 0 radical (unpaired) electrons. The summed E-state index contributed by atoms with van der Waals surface area (Å²) in [5.41, 5.74) is 2.32. The molecule has 9 heteroatoms. The van der Waals surface area contributed by atoms with Crippen molar-refractivity contribution in [3.63, 3.8) is 0 Å². The Kier molecular flexibility index (Phi) is 6.37. The van der Waals surface area contributed by atoms with Crippen LogP contribution in [0, 0.1) is 12.7 Å². The number of rotatable bonds is 7.